The van der Waals surface area contributed by atoms with Gasteiger partial charge in [-0.05, 0) is 52.3 Å². The van der Waals surface area contributed by atoms with Gasteiger partial charge in [-0.25, -0.2) is 0 Å². The van der Waals surface area contributed by atoms with Crippen molar-refractivity contribution in [3.63, 3.8) is 0 Å². The molecule has 20 heavy (non-hydrogen) atoms. The predicted octanol–water partition coefficient (Wildman–Crippen LogP) is 2.12. The molecule has 0 radical (unpaired) electrons. The molecule has 1 unspecified atom stereocenters. The maximum Gasteiger partial charge on any atom is 0.0624 e. The Labute approximate surface area is 123 Å². The van der Waals surface area contributed by atoms with Gasteiger partial charge >= 0.3 is 0 Å². The summed E-state index contributed by atoms with van der Waals surface area (Å²) in [4.78, 5) is 2.57. The number of hydrogen-bond donors (Lipinski definition) is 1. The highest BCUT2D eigenvalue weighted by Gasteiger charge is 2.34. The Kier molecular flexibility index (Phi) is 4.86. The monoisotopic (exact) mass is 278 g/mol. The molecule has 0 spiro atoms. The molecule has 0 saturated carbocycles. The maximum absolute atomic E-state index is 6.55. The fourth-order valence-electron chi connectivity index (χ4n) is 3.12. The molecule has 4 heteroatoms. The molecule has 4 nitrogen and oxygen atoms in total. The Hall–Kier alpha value is -0.870. The van der Waals surface area contributed by atoms with E-state index in [1.807, 2.05) is 11.7 Å². The molecule has 1 aromatic rings. The van der Waals surface area contributed by atoms with E-state index in [2.05, 4.69) is 36.8 Å². The third kappa shape index (κ3) is 3.23. The lowest BCUT2D eigenvalue weighted by Gasteiger charge is -2.44. The van der Waals surface area contributed by atoms with Crippen molar-refractivity contribution in [2.75, 3.05) is 13.1 Å². The van der Waals surface area contributed by atoms with Crippen LogP contribution in [0, 0.1) is 0 Å². The first kappa shape index (κ1) is 15.5. The van der Waals surface area contributed by atoms with Crippen LogP contribution >= 0.6 is 0 Å². The van der Waals surface area contributed by atoms with Gasteiger partial charge in [-0.15, -0.1) is 0 Å². The van der Waals surface area contributed by atoms with Crippen molar-refractivity contribution in [1.82, 2.24) is 14.7 Å². The predicted molar refractivity (Wildman–Crippen MR) is 83.8 cm³/mol. The number of hydrogen-bond acceptors (Lipinski definition) is 3. The molecule has 0 amide bonds. The van der Waals surface area contributed by atoms with Crippen LogP contribution in [-0.4, -0.2) is 39.4 Å². The molecule has 2 rings (SSSR count). The highest BCUT2D eigenvalue weighted by Crippen LogP contribution is 2.24. The second kappa shape index (κ2) is 6.27. The summed E-state index contributed by atoms with van der Waals surface area (Å²) in [5, 5.41) is 4.52. The molecule has 0 aromatic carbocycles. The van der Waals surface area contributed by atoms with E-state index < -0.39 is 0 Å². The molecule has 1 aliphatic heterocycles. The fraction of sp³-hybridized carbons (Fsp3) is 0.812. The topological polar surface area (TPSA) is 47.1 Å². The number of piperidine rings is 1. The van der Waals surface area contributed by atoms with Crippen molar-refractivity contribution in [3.05, 3.63) is 17.5 Å². The lowest BCUT2D eigenvalue weighted by atomic mass is 9.88. The van der Waals surface area contributed by atoms with Crippen molar-refractivity contribution in [3.8, 4) is 0 Å². The second-order valence-electron chi connectivity index (χ2n) is 6.62. The third-order valence-corrected chi connectivity index (χ3v) is 4.90. The molecule has 2 heterocycles. The van der Waals surface area contributed by atoms with Crippen LogP contribution in [0.1, 0.15) is 51.4 Å². The SMILES string of the molecule is CCc1cc(CC(N)C(C)(C)N2CCCCC2)n(C)n1. The minimum Gasteiger partial charge on any atom is -0.326 e. The molecule has 1 atom stereocenters. The molecule has 1 fully saturated rings. The average molecular weight is 278 g/mol. The summed E-state index contributed by atoms with van der Waals surface area (Å²) in [7, 11) is 2.02. The number of rotatable bonds is 5. The van der Waals surface area contributed by atoms with Gasteiger partial charge in [0.2, 0.25) is 0 Å². The zero-order valence-electron chi connectivity index (χ0n) is 13.5. The van der Waals surface area contributed by atoms with Crippen LogP contribution in [0.5, 0.6) is 0 Å². The minimum absolute atomic E-state index is 0.0526. The zero-order chi connectivity index (χ0) is 14.8. The van der Waals surface area contributed by atoms with E-state index >= 15 is 0 Å². The molecular formula is C16H30N4. The van der Waals surface area contributed by atoms with Gasteiger partial charge in [0, 0.05) is 30.7 Å². The summed E-state index contributed by atoms with van der Waals surface area (Å²) < 4.78 is 1.99. The highest BCUT2D eigenvalue weighted by molar-refractivity contribution is 5.13. The summed E-state index contributed by atoms with van der Waals surface area (Å²) in [5.41, 5.74) is 9.01. The van der Waals surface area contributed by atoms with Crippen LogP contribution in [0.4, 0.5) is 0 Å². The van der Waals surface area contributed by atoms with Crippen molar-refractivity contribution in [2.45, 2.75) is 64.5 Å². The first-order valence-corrected chi connectivity index (χ1v) is 7.97. The number of nitrogens with two attached hydrogens (primary N) is 1. The second-order valence-corrected chi connectivity index (χ2v) is 6.62. The van der Waals surface area contributed by atoms with Crippen molar-refractivity contribution in [2.24, 2.45) is 12.8 Å². The van der Waals surface area contributed by atoms with Gasteiger partial charge < -0.3 is 5.73 Å². The van der Waals surface area contributed by atoms with Crippen LogP contribution in [0.3, 0.4) is 0 Å². The van der Waals surface area contributed by atoms with Gasteiger partial charge in [-0.1, -0.05) is 13.3 Å². The van der Waals surface area contributed by atoms with E-state index in [1.165, 1.54) is 38.0 Å². The van der Waals surface area contributed by atoms with Crippen molar-refractivity contribution >= 4 is 0 Å². The van der Waals surface area contributed by atoms with Crippen LogP contribution in [0.2, 0.25) is 0 Å². The fourth-order valence-corrected chi connectivity index (χ4v) is 3.12. The first-order valence-electron chi connectivity index (χ1n) is 7.97. The first-order chi connectivity index (χ1) is 9.45. The number of nitrogens with zero attached hydrogens (tertiary/aromatic N) is 3. The summed E-state index contributed by atoms with van der Waals surface area (Å²) in [5.74, 6) is 0. The molecule has 1 aromatic heterocycles. The zero-order valence-corrected chi connectivity index (χ0v) is 13.5. The Morgan fingerprint density at radius 3 is 2.50 bits per heavy atom. The molecule has 1 aliphatic rings. The summed E-state index contributed by atoms with van der Waals surface area (Å²) >= 11 is 0. The Balaban J connectivity index is 2.05. The Morgan fingerprint density at radius 1 is 1.30 bits per heavy atom. The van der Waals surface area contributed by atoms with Crippen molar-refractivity contribution < 1.29 is 0 Å². The van der Waals surface area contributed by atoms with Gasteiger partial charge in [-0.3, -0.25) is 9.58 Å². The number of aryl methyl sites for hydroxylation is 2. The van der Waals surface area contributed by atoms with Gasteiger partial charge in [0.25, 0.3) is 0 Å². The van der Waals surface area contributed by atoms with Crippen LogP contribution in [0.25, 0.3) is 0 Å². The van der Waals surface area contributed by atoms with E-state index in [-0.39, 0.29) is 11.6 Å². The summed E-state index contributed by atoms with van der Waals surface area (Å²) in [6, 6.07) is 2.34. The molecule has 2 N–H and O–H groups in total. The van der Waals surface area contributed by atoms with Crippen molar-refractivity contribution in [1.29, 1.82) is 0 Å². The summed E-state index contributed by atoms with van der Waals surface area (Å²) in [6.45, 7) is 9.10. The van der Waals surface area contributed by atoms with Gasteiger partial charge in [0.05, 0.1) is 5.69 Å². The lowest BCUT2D eigenvalue weighted by molar-refractivity contribution is 0.0726. The molecular weight excluding hydrogens is 248 g/mol. The van der Waals surface area contributed by atoms with E-state index in [9.17, 15) is 0 Å². The van der Waals surface area contributed by atoms with Gasteiger partial charge in [-0.2, -0.15) is 5.10 Å². The normalized spacial score (nSPS) is 19.2. The number of aromatic nitrogens is 2. The third-order valence-electron chi connectivity index (χ3n) is 4.90. The Bertz CT molecular complexity index is 430. The smallest absolute Gasteiger partial charge is 0.0624 e. The maximum atomic E-state index is 6.55. The minimum atomic E-state index is 0.0526. The standard InChI is InChI=1S/C16H30N4/c1-5-13-11-14(19(4)18-13)12-15(17)16(2,3)20-9-7-6-8-10-20/h11,15H,5-10,12,17H2,1-4H3. The highest BCUT2D eigenvalue weighted by atomic mass is 15.3. The van der Waals surface area contributed by atoms with Gasteiger partial charge in [0.15, 0.2) is 0 Å². The molecule has 1 saturated heterocycles. The summed E-state index contributed by atoms with van der Waals surface area (Å²) in [6.07, 6.45) is 5.86. The van der Waals surface area contributed by atoms with E-state index in [0.29, 0.717) is 0 Å². The molecule has 114 valence electrons. The van der Waals surface area contributed by atoms with Crippen LogP contribution in [-0.2, 0) is 19.9 Å². The molecule has 0 bridgehead atoms. The quantitative estimate of drug-likeness (QED) is 0.897. The average Bonchev–Trinajstić information content (AvgIpc) is 2.80. The van der Waals surface area contributed by atoms with E-state index in [1.54, 1.807) is 0 Å². The largest absolute Gasteiger partial charge is 0.326 e. The lowest BCUT2D eigenvalue weighted by Crippen LogP contribution is -2.58. The van der Waals surface area contributed by atoms with Crippen LogP contribution in [0.15, 0.2) is 6.07 Å². The Morgan fingerprint density at radius 2 is 1.95 bits per heavy atom. The van der Waals surface area contributed by atoms with E-state index in [4.69, 9.17) is 5.73 Å². The van der Waals surface area contributed by atoms with E-state index in [0.717, 1.165) is 18.5 Å². The molecule has 0 aliphatic carbocycles. The number of likely N-dealkylation sites (tertiary alicyclic amines) is 1. The van der Waals surface area contributed by atoms with Gasteiger partial charge in [0.1, 0.15) is 0 Å². The van der Waals surface area contributed by atoms with Crippen LogP contribution < -0.4 is 5.73 Å².